The number of hydrogen-bond acceptors (Lipinski definition) is 4. The van der Waals surface area contributed by atoms with Crippen LogP contribution in [-0.4, -0.2) is 10.9 Å². The minimum atomic E-state index is -0.232. The number of anilines is 1. The number of rotatable bonds is 4. The van der Waals surface area contributed by atoms with Gasteiger partial charge >= 0.3 is 0 Å². The Bertz CT molecular complexity index is 1010. The van der Waals surface area contributed by atoms with Gasteiger partial charge < -0.3 is 4.42 Å². The summed E-state index contributed by atoms with van der Waals surface area (Å²) in [5, 5.41) is 1.17. The topological polar surface area (TPSA) is 46.3 Å². The van der Waals surface area contributed by atoms with Gasteiger partial charge in [-0.1, -0.05) is 59.3 Å². The fourth-order valence-corrected chi connectivity index (χ4v) is 3.81. The van der Waals surface area contributed by atoms with Crippen molar-refractivity contribution in [1.82, 2.24) is 4.98 Å². The van der Waals surface area contributed by atoms with Crippen LogP contribution in [0.15, 0.2) is 71.3 Å². The molecule has 0 N–H and O–H groups in total. The van der Waals surface area contributed by atoms with E-state index in [1.807, 2.05) is 42.5 Å². The molecular weight excluding hydrogens is 356 g/mol. The first kappa shape index (κ1) is 15.9. The fraction of sp³-hybridized carbons (Fsp3) is 0.0526. The SMILES string of the molecule is O=C(c1ccco1)N(Cc1ccccc1)c1nc2c(Cl)cccc2s1. The van der Waals surface area contributed by atoms with Crippen molar-refractivity contribution >= 4 is 44.2 Å². The van der Waals surface area contributed by atoms with E-state index in [0.717, 1.165) is 10.3 Å². The molecule has 0 saturated carbocycles. The van der Waals surface area contributed by atoms with E-state index in [1.54, 1.807) is 23.1 Å². The molecule has 0 aliphatic carbocycles. The molecule has 4 nitrogen and oxygen atoms in total. The molecular formula is C19H13ClN2O2S. The molecule has 2 aromatic carbocycles. The summed E-state index contributed by atoms with van der Waals surface area (Å²) in [5.41, 5.74) is 1.71. The molecule has 124 valence electrons. The summed E-state index contributed by atoms with van der Waals surface area (Å²) in [6, 6.07) is 18.8. The predicted octanol–water partition coefficient (Wildman–Crippen LogP) is 5.39. The van der Waals surface area contributed by atoms with E-state index in [-0.39, 0.29) is 11.7 Å². The van der Waals surface area contributed by atoms with Crippen LogP contribution in [0.5, 0.6) is 0 Å². The van der Waals surface area contributed by atoms with E-state index in [0.29, 0.717) is 22.2 Å². The number of amides is 1. The summed E-state index contributed by atoms with van der Waals surface area (Å²) in [7, 11) is 0. The third kappa shape index (κ3) is 3.16. The summed E-state index contributed by atoms with van der Waals surface area (Å²) >= 11 is 7.67. The van der Waals surface area contributed by atoms with Gasteiger partial charge in [0, 0.05) is 0 Å². The highest BCUT2D eigenvalue weighted by Crippen LogP contribution is 2.34. The number of aromatic nitrogens is 1. The smallest absolute Gasteiger partial charge is 0.296 e. The van der Waals surface area contributed by atoms with Crippen LogP contribution >= 0.6 is 22.9 Å². The molecule has 0 unspecified atom stereocenters. The molecule has 4 aromatic rings. The maximum Gasteiger partial charge on any atom is 0.296 e. The first-order valence-electron chi connectivity index (χ1n) is 7.67. The number of fused-ring (bicyclic) bond motifs is 1. The van der Waals surface area contributed by atoms with Crippen LogP contribution in [0, 0.1) is 0 Å². The Morgan fingerprint density at radius 3 is 2.64 bits per heavy atom. The van der Waals surface area contributed by atoms with Crippen LogP contribution in [0.4, 0.5) is 5.13 Å². The second-order valence-electron chi connectivity index (χ2n) is 5.44. The standard InChI is InChI=1S/C19H13ClN2O2S/c20-14-8-4-10-16-17(14)21-19(25-16)22(12-13-6-2-1-3-7-13)18(23)15-9-5-11-24-15/h1-11H,12H2. The van der Waals surface area contributed by atoms with Crippen LogP contribution in [0.1, 0.15) is 16.1 Å². The number of hydrogen-bond donors (Lipinski definition) is 0. The first-order chi connectivity index (χ1) is 12.2. The number of thiazole rings is 1. The monoisotopic (exact) mass is 368 g/mol. The largest absolute Gasteiger partial charge is 0.459 e. The van der Waals surface area contributed by atoms with Crippen LogP contribution in [-0.2, 0) is 6.54 Å². The van der Waals surface area contributed by atoms with Gasteiger partial charge in [-0.2, -0.15) is 0 Å². The van der Waals surface area contributed by atoms with E-state index < -0.39 is 0 Å². The Balaban J connectivity index is 1.78. The number of benzene rings is 2. The van der Waals surface area contributed by atoms with Crippen LogP contribution in [0.2, 0.25) is 5.02 Å². The average molecular weight is 369 g/mol. The van der Waals surface area contributed by atoms with E-state index in [4.69, 9.17) is 16.0 Å². The molecule has 25 heavy (non-hydrogen) atoms. The molecule has 1 amide bonds. The maximum absolute atomic E-state index is 12.9. The van der Waals surface area contributed by atoms with Gasteiger partial charge in [0.25, 0.3) is 5.91 Å². The Labute approximate surface area is 153 Å². The zero-order valence-electron chi connectivity index (χ0n) is 13.1. The van der Waals surface area contributed by atoms with Gasteiger partial charge in [0.15, 0.2) is 10.9 Å². The zero-order chi connectivity index (χ0) is 17.2. The molecule has 2 heterocycles. The lowest BCUT2D eigenvalue weighted by Crippen LogP contribution is -2.30. The number of para-hydroxylation sites is 1. The van der Waals surface area contributed by atoms with Crippen molar-refractivity contribution in [3.63, 3.8) is 0 Å². The van der Waals surface area contributed by atoms with Crippen LogP contribution in [0.25, 0.3) is 10.2 Å². The molecule has 2 aromatic heterocycles. The van der Waals surface area contributed by atoms with Crippen molar-refractivity contribution in [3.8, 4) is 0 Å². The van der Waals surface area contributed by atoms with Gasteiger partial charge in [0.1, 0.15) is 5.52 Å². The molecule has 0 fully saturated rings. The van der Waals surface area contributed by atoms with Crippen LogP contribution < -0.4 is 4.90 Å². The third-order valence-corrected chi connectivity index (χ3v) is 5.10. The van der Waals surface area contributed by atoms with Gasteiger partial charge in [-0.3, -0.25) is 9.69 Å². The molecule has 0 aliphatic rings. The number of nitrogens with zero attached hydrogens (tertiary/aromatic N) is 2. The summed E-state index contributed by atoms with van der Waals surface area (Å²) < 4.78 is 6.23. The normalized spacial score (nSPS) is 10.9. The predicted molar refractivity (Wildman–Crippen MR) is 100 cm³/mol. The van der Waals surface area contributed by atoms with Crippen molar-refractivity contribution in [3.05, 3.63) is 83.3 Å². The van der Waals surface area contributed by atoms with Crippen LogP contribution in [0.3, 0.4) is 0 Å². The van der Waals surface area contributed by atoms with Gasteiger partial charge in [-0.25, -0.2) is 4.98 Å². The maximum atomic E-state index is 12.9. The quantitative estimate of drug-likeness (QED) is 0.485. The molecule has 0 aliphatic heterocycles. The number of furan rings is 1. The second kappa shape index (κ2) is 6.70. The highest BCUT2D eigenvalue weighted by Gasteiger charge is 2.24. The van der Waals surface area contributed by atoms with Gasteiger partial charge in [0.2, 0.25) is 0 Å². The summed E-state index contributed by atoms with van der Waals surface area (Å²) in [6.45, 7) is 0.401. The second-order valence-corrected chi connectivity index (χ2v) is 6.85. The molecule has 0 radical (unpaired) electrons. The van der Waals surface area contributed by atoms with E-state index in [2.05, 4.69) is 4.98 Å². The third-order valence-electron chi connectivity index (χ3n) is 3.75. The molecule has 0 saturated heterocycles. The van der Waals surface area contributed by atoms with E-state index in [9.17, 15) is 4.79 Å². The summed E-state index contributed by atoms with van der Waals surface area (Å²) in [5.74, 6) is 0.0466. The number of carbonyl (C=O) groups is 1. The minimum Gasteiger partial charge on any atom is -0.459 e. The van der Waals surface area contributed by atoms with Crippen molar-refractivity contribution in [2.45, 2.75) is 6.54 Å². The molecule has 0 atom stereocenters. The van der Waals surface area contributed by atoms with Gasteiger partial charge in [-0.05, 0) is 29.8 Å². The number of halogens is 1. The lowest BCUT2D eigenvalue weighted by Gasteiger charge is -2.18. The first-order valence-corrected chi connectivity index (χ1v) is 8.86. The Kier molecular flexibility index (Phi) is 4.26. The zero-order valence-corrected chi connectivity index (χ0v) is 14.6. The summed E-state index contributed by atoms with van der Waals surface area (Å²) in [4.78, 5) is 19.1. The summed E-state index contributed by atoms with van der Waals surface area (Å²) in [6.07, 6.45) is 1.49. The Morgan fingerprint density at radius 2 is 1.92 bits per heavy atom. The highest BCUT2D eigenvalue weighted by molar-refractivity contribution is 7.22. The minimum absolute atomic E-state index is 0.232. The number of carbonyl (C=O) groups excluding carboxylic acids is 1. The van der Waals surface area contributed by atoms with Gasteiger partial charge in [0.05, 0.1) is 22.5 Å². The molecule has 4 rings (SSSR count). The van der Waals surface area contributed by atoms with Gasteiger partial charge in [-0.15, -0.1) is 0 Å². The van der Waals surface area contributed by atoms with Crippen molar-refractivity contribution in [2.75, 3.05) is 4.90 Å². The van der Waals surface area contributed by atoms with Crippen molar-refractivity contribution in [2.24, 2.45) is 0 Å². The Morgan fingerprint density at radius 1 is 1.08 bits per heavy atom. The lowest BCUT2D eigenvalue weighted by molar-refractivity contribution is 0.0958. The van der Waals surface area contributed by atoms with Crippen molar-refractivity contribution in [1.29, 1.82) is 0 Å². The lowest BCUT2D eigenvalue weighted by atomic mass is 10.2. The van der Waals surface area contributed by atoms with E-state index >= 15 is 0 Å². The van der Waals surface area contributed by atoms with E-state index in [1.165, 1.54) is 17.6 Å². The Hall–Kier alpha value is -2.63. The average Bonchev–Trinajstić information content (AvgIpc) is 3.30. The molecule has 0 bridgehead atoms. The van der Waals surface area contributed by atoms with Crippen molar-refractivity contribution < 1.29 is 9.21 Å². The molecule has 6 heteroatoms. The molecule has 0 spiro atoms. The fourth-order valence-electron chi connectivity index (χ4n) is 2.54. The highest BCUT2D eigenvalue weighted by atomic mass is 35.5.